The van der Waals surface area contributed by atoms with Crippen molar-refractivity contribution >= 4 is 29.3 Å². The minimum Gasteiger partial charge on any atom is -0.325 e. The van der Waals surface area contributed by atoms with Gasteiger partial charge in [-0.3, -0.25) is 4.79 Å². The minimum absolute atomic E-state index is 0.0249. The van der Waals surface area contributed by atoms with Gasteiger partial charge in [-0.2, -0.15) is 9.37 Å². The van der Waals surface area contributed by atoms with Crippen molar-refractivity contribution in [2.24, 2.45) is 0 Å². The number of rotatable bonds is 4. The van der Waals surface area contributed by atoms with Crippen LogP contribution in [0.2, 0.25) is 5.02 Å². The predicted molar refractivity (Wildman–Crippen MR) is 111 cm³/mol. The average molecular weight is 414 g/mol. The van der Waals surface area contributed by atoms with Crippen molar-refractivity contribution in [3.63, 3.8) is 0 Å². The van der Waals surface area contributed by atoms with Crippen molar-refractivity contribution in [1.82, 2.24) is 9.55 Å². The monoisotopic (exact) mass is 413 g/mol. The molecule has 0 saturated carbocycles. The van der Waals surface area contributed by atoms with E-state index >= 15 is 0 Å². The largest absolute Gasteiger partial charge is 0.325 e. The molecule has 4 rings (SSSR count). The summed E-state index contributed by atoms with van der Waals surface area (Å²) in [6.07, 6.45) is 4.12. The average Bonchev–Trinajstić information content (AvgIpc) is 3.01. The molecule has 0 amide bonds. The molecule has 0 fully saturated rings. The number of hydrogen-bond donors (Lipinski definition) is 1. The van der Waals surface area contributed by atoms with E-state index in [-0.39, 0.29) is 17.5 Å². The van der Waals surface area contributed by atoms with E-state index in [9.17, 15) is 13.6 Å². The maximum atomic E-state index is 13.9. The second-order valence-electron chi connectivity index (χ2n) is 7.25. The number of fused-ring (bicyclic) bond motifs is 1. The first-order valence-electron chi connectivity index (χ1n) is 9.09. The third-order valence-corrected chi connectivity index (χ3v) is 5.18. The summed E-state index contributed by atoms with van der Waals surface area (Å²) >= 11 is 5.85. The number of anilines is 2. The number of hydrogen-bond acceptors (Lipinski definition) is 3. The number of benzene rings is 2. The highest BCUT2D eigenvalue weighted by Gasteiger charge is 2.15. The number of halogens is 3. The molecule has 0 unspecified atom stereocenters. The van der Waals surface area contributed by atoms with Gasteiger partial charge in [0.1, 0.15) is 5.82 Å². The van der Waals surface area contributed by atoms with Crippen LogP contribution in [0, 0.1) is 18.6 Å². The Balaban J connectivity index is 1.72. The Hall–Kier alpha value is -2.99. The summed E-state index contributed by atoms with van der Waals surface area (Å²) in [6, 6.07) is 8.35. The number of allylic oxidation sites excluding steroid dienone is 1. The highest BCUT2D eigenvalue weighted by atomic mass is 35.5. The van der Waals surface area contributed by atoms with Gasteiger partial charge in [-0.25, -0.2) is 4.39 Å². The smallest absolute Gasteiger partial charge is 0.310 e. The van der Waals surface area contributed by atoms with Crippen LogP contribution in [0.15, 0.2) is 46.9 Å². The lowest BCUT2D eigenvalue weighted by molar-refractivity contribution is 0.578. The highest BCUT2D eigenvalue weighted by molar-refractivity contribution is 6.30. The molecule has 0 saturated heterocycles. The third kappa shape index (κ3) is 3.93. The molecule has 7 heteroatoms. The van der Waals surface area contributed by atoms with Crippen molar-refractivity contribution < 1.29 is 8.78 Å². The number of nitrogens with one attached hydrogen (secondary N) is 1. The fourth-order valence-electron chi connectivity index (χ4n) is 3.47. The lowest BCUT2D eigenvalue weighted by Crippen LogP contribution is -2.20. The van der Waals surface area contributed by atoms with Gasteiger partial charge in [0.05, 0.1) is 11.6 Å². The van der Waals surface area contributed by atoms with Gasteiger partial charge in [-0.05, 0) is 60.7 Å². The van der Waals surface area contributed by atoms with E-state index in [2.05, 4.69) is 29.4 Å². The number of aryl methyl sites for hydroxylation is 1. The summed E-state index contributed by atoms with van der Waals surface area (Å²) in [7, 11) is 0. The van der Waals surface area contributed by atoms with E-state index in [1.165, 1.54) is 27.8 Å². The van der Waals surface area contributed by atoms with Crippen LogP contribution in [0.1, 0.15) is 29.2 Å². The van der Waals surface area contributed by atoms with Crippen molar-refractivity contribution in [2.75, 3.05) is 5.32 Å². The Morgan fingerprint density at radius 3 is 2.72 bits per heavy atom. The van der Waals surface area contributed by atoms with E-state index < -0.39 is 17.2 Å². The molecule has 148 valence electrons. The summed E-state index contributed by atoms with van der Waals surface area (Å²) in [5.41, 5.74) is 5.10. The number of aromatic nitrogens is 2. The van der Waals surface area contributed by atoms with Crippen LogP contribution >= 0.6 is 11.6 Å². The van der Waals surface area contributed by atoms with E-state index in [1.54, 1.807) is 6.07 Å². The molecule has 0 atom stereocenters. The molecule has 1 aliphatic rings. The third-order valence-electron chi connectivity index (χ3n) is 4.89. The van der Waals surface area contributed by atoms with Crippen LogP contribution in [0.4, 0.5) is 20.4 Å². The van der Waals surface area contributed by atoms with Gasteiger partial charge in [-0.15, -0.1) is 0 Å². The van der Waals surface area contributed by atoms with Gasteiger partial charge >= 0.3 is 5.56 Å². The maximum absolute atomic E-state index is 13.9. The van der Waals surface area contributed by atoms with E-state index in [4.69, 9.17) is 11.6 Å². The summed E-state index contributed by atoms with van der Waals surface area (Å²) in [6.45, 7) is 4.20. The Bertz CT molecular complexity index is 1220. The second-order valence-corrected chi connectivity index (χ2v) is 7.66. The standard InChI is InChI=1S/C22H18ClF2N3O/c1-12-5-15-7-13(2)20(9-16(15)6-12)26-22-27-21(29)19(25)11-28(22)10-14-3-4-18(24)17(23)8-14/h3-4,6-9,11H,5,10H2,1-2H3,(H,26,27,29). The molecule has 4 nitrogen and oxygen atoms in total. The Kier molecular flexibility index (Phi) is 4.96. The molecule has 1 aliphatic carbocycles. The molecule has 1 aromatic heterocycles. The lowest BCUT2D eigenvalue weighted by atomic mass is 10.0. The molecule has 29 heavy (non-hydrogen) atoms. The molecule has 2 aromatic carbocycles. The van der Waals surface area contributed by atoms with Crippen LogP contribution in [0.25, 0.3) is 6.08 Å². The molecular weight excluding hydrogens is 396 g/mol. The Labute approximate surface area is 171 Å². The first kappa shape index (κ1) is 19.3. The maximum Gasteiger partial charge on any atom is 0.310 e. The summed E-state index contributed by atoms with van der Waals surface area (Å²) < 4.78 is 28.8. The molecular formula is C22H18ClF2N3O. The van der Waals surface area contributed by atoms with Crippen molar-refractivity contribution in [1.29, 1.82) is 0 Å². The Morgan fingerprint density at radius 2 is 1.97 bits per heavy atom. The number of nitrogens with zero attached hydrogens (tertiary/aromatic N) is 2. The van der Waals surface area contributed by atoms with Gasteiger partial charge in [0.2, 0.25) is 11.8 Å². The SMILES string of the molecule is CC1=Cc2cc(Nc3nc(=O)c(F)cn3Cc3ccc(F)c(Cl)c3)c(C)cc2C1. The second kappa shape index (κ2) is 7.44. The molecule has 1 N–H and O–H groups in total. The van der Waals surface area contributed by atoms with Gasteiger partial charge in [0.25, 0.3) is 0 Å². The first-order chi connectivity index (χ1) is 13.8. The minimum atomic E-state index is -0.965. The fourth-order valence-corrected chi connectivity index (χ4v) is 3.67. The van der Waals surface area contributed by atoms with E-state index in [0.717, 1.165) is 29.4 Å². The fraction of sp³-hybridized carbons (Fsp3) is 0.182. The molecule has 1 heterocycles. The van der Waals surface area contributed by atoms with E-state index in [0.29, 0.717) is 5.56 Å². The predicted octanol–water partition coefficient (Wildman–Crippen LogP) is 5.23. The molecule has 0 spiro atoms. The van der Waals surface area contributed by atoms with Crippen molar-refractivity contribution in [2.45, 2.75) is 26.8 Å². The zero-order chi connectivity index (χ0) is 20.7. The van der Waals surface area contributed by atoms with Crippen LogP contribution in [0.3, 0.4) is 0 Å². The normalized spacial score (nSPS) is 12.7. The van der Waals surface area contributed by atoms with E-state index in [1.807, 2.05) is 13.0 Å². The van der Waals surface area contributed by atoms with Gasteiger partial charge in [-0.1, -0.05) is 35.4 Å². The van der Waals surface area contributed by atoms with Crippen LogP contribution in [0.5, 0.6) is 0 Å². The van der Waals surface area contributed by atoms with Crippen LogP contribution in [-0.4, -0.2) is 9.55 Å². The molecule has 3 aromatic rings. The first-order valence-corrected chi connectivity index (χ1v) is 9.46. The van der Waals surface area contributed by atoms with Crippen molar-refractivity contribution in [3.05, 3.63) is 91.4 Å². The Morgan fingerprint density at radius 1 is 1.17 bits per heavy atom. The molecule has 0 bridgehead atoms. The molecule has 0 aliphatic heterocycles. The summed E-state index contributed by atoms with van der Waals surface area (Å²) in [5, 5.41) is 3.12. The zero-order valence-electron chi connectivity index (χ0n) is 15.9. The molecule has 0 radical (unpaired) electrons. The topological polar surface area (TPSA) is 46.9 Å². The van der Waals surface area contributed by atoms with Gasteiger partial charge < -0.3 is 9.88 Å². The summed E-state index contributed by atoms with van der Waals surface area (Å²) in [5.74, 6) is -1.30. The highest BCUT2D eigenvalue weighted by Crippen LogP contribution is 2.31. The zero-order valence-corrected chi connectivity index (χ0v) is 16.6. The van der Waals surface area contributed by atoms with Crippen molar-refractivity contribution in [3.8, 4) is 0 Å². The van der Waals surface area contributed by atoms with Gasteiger partial charge in [0, 0.05) is 11.9 Å². The van der Waals surface area contributed by atoms with Crippen LogP contribution in [-0.2, 0) is 13.0 Å². The summed E-state index contributed by atoms with van der Waals surface area (Å²) in [4.78, 5) is 15.7. The quantitative estimate of drug-likeness (QED) is 0.636. The van der Waals surface area contributed by atoms with Gasteiger partial charge in [0.15, 0.2) is 0 Å². The van der Waals surface area contributed by atoms with Crippen LogP contribution < -0.4 is 10.9 Å². The lowest BCUT2D eigenvalue weighted by Gasteiger charge is -2.16.